The van der Waals surface area contributed by atoms with Crippen LogP contribution in [0.3, 0.4) is 0 Å². The summed E-state index contributed by atoms with van der Waals surface area (Å²) >= 11 is 0. The molecule has 1 heterocycles. The molecule has 0 atom stereocenters. The average Bonchev–Trinajstić information content (AvgIpc) is 2.30. The van der Waals surface area contributed by atoms with Gasteiger partial charge in [0.2, 0.25) is 5.09 Å². The highest BCUT2D eigenvalue weighted by molar-refractivity contribution is 8.13. The summed E-state index contributed by atoms with van der Waals surface area (Å²) in [5.74, 6) is 0. The van der Waals surface area contributed by atoms with Crippen LogP contribution in [0.2, 0.25) is 0 Å². The summed E-state index contributed by atoms with van der Waals surface area (Å²) in [6, 6.07) is 0.688. The molecule has 0 saturated carbocycles. The molecule has 1 aromatic rings. The Hall–Kier alpha value is -0.620. The molecule has 0 radical (unpaired) electrons. The molecule has 0 spiro atoms. The third-order valence-electron chi connectivity index (χ3n) is 1.09. The molecule has 0 aliphatic carbocycles. The number of hydrogen-bond acceptors (Lipinski definition) is 3. The van der Waals surface area contributed by atoms with Gasteiger partial charge in [0.15, 0.2) is 0 Å². The highest BCUT2D eigenvalue weighted by atomic mass is 35.7. The summed E-state index contributed by atoms with van der Waals surface area (Å²) in [6.07, 6.45) is -2.11. The van der Waals surface area contributed by atoms with Gasteiger partial charge < -0.3 is 4.42 Å². The van der Waals surface area contributed by atoms with E-state index in [1.807, 2.05) is 0 Å². The number of alkyl halides is 2. The largest absolute Gasteiger partial charge is 0.451 e. The van der Waals surface area contributed by atoms with Crippen molar-refractivity contribution in [2.75, 3.05) is 0 Å². The van der Waals surface area contributed by atoms with Crippen LogP contribution in [-0.4, -0.2) is 8.42 Å². The molecular formula is C5H3ClF2O3S. The van der Waals surface area contributed by atoms with Gasteiger partial charge in [-0.3, -0.25) is 0 Å². The quantitative estimate of drug-likeness (QED) is 0.712. The lowest BCUT2D eigenvalue weighted by molar-refractivity contribution is 0.150. The number of rotatable bonds is 2. The standard InChI is InChI=1S/C5H3ClF2O3S/c6-12(9,10)4-1-3(2-11-4)5(7)8/h1-2,5H. The van der Waals surface area contributed by atoms with Gasteiger partial charge in [0.25, 0.3) is 15.5 Å². The smallest absolute Gasteiger partial charge is 0.294 e. The van der Waals surface area contributed by atoms with Crippen molar-refractivity contribution in [3.8, 4) is 0 Å². The van der Waals surface area contributed by atoms with E-state index in [9.17, 15) is 17.2 Å². The van der Waals surface area contributed by atoms with Crippen LogP contribution in [0.25, 0.3) is 0 Å². The number of hydrogen-bond donors (Lipinski definition) is 0. The molecule has 7 heteroatoms. The molecule has 12 heavy (non-hydrogen) atoms. The minimum atomic E-state index is -4.04. The third kappa shape index (κ3) is 1.95. The molecule has 0 N–H and O–H groups in total. The Kier molecular flexibility index (Phi) is 2.39. The Bertz CT molecular complexity index is 370. The maximum atomic E-state index is 11.9. The normalized spacial score (nSPS) is 12.3. The predicted molar refractivity (Wildman–Crippen MR) is 36.7 cm³/mol. The second-order valence-corrected chi connectivity index (χ2v) is 4.43. The number of halogens is 3. The first kappa shape index (κ1) is 9.47. The van der Waals surface area contributed by atoms with E-state index >= 15 is 0 Å². The summed E-state index contributed by atoms with van der Waals surface area (Å²) in [7, 11) is 0.767. The predicted octanol–water partition coefficient (Wildman–Crippen LogP) is 2.14. The summed E-state index contributed by atoms with van der Waals surface area (Å²) in [5, 5.41) is -0.667. The molecule has 0 saturated heterocycles. The van der Waals surface area contributed by atoms with Crippen molar-refractivity contribution in [3.05, 3.63) is 17.9 Å². The zero-order valence-electron chi connectivity index (χ0n) is 5.50. The zero-order valence-corrected chi connectivity index (χ0v) is 7.07. The van der Waals surface area contributed by atoms with Crippen LogP contribution in [0.4, 0.5) is 8.78 Å². The van der Waals surface area contributed by atoms with Gasteiger partial charge in [-0.25, -0.2) is 17.2 Å². The maximum Gasteiger partial charge on any atom is 0.294 e. The van der Waals surface area contributed by atoms with Crippen molar-refractivity contribution in [1.29, 1.82) is 0 Å². The minimum Gasteiger partial charge on any atom is -0.451 e. The molecule has 0 aliphatic rings. The second-order valence-electron chi connectivity index (χ2n) is 1.94. The first-order valence-electron chi connectivity index (χ1n) is 2.72. The van der Waals surface area contributed by atoms with Crippen LogP contribution in [0, 0.1) is 0 Å². The van der Waals surface area contributed by atoms with Crippen LogP contribution in [0.1, 0.15) is 12.0 Å². The van der Waals surface area contributed by atoms with Crippen molar-refractivity contribution in [3.63, 3.8) is 0 Å². The van der Waals surface area contributed by atoms with Gasteiger partial charge in [0.05, 0.1) is 5.56 Å². The Morgan fingerprint density at radius 2 is 2.08 bits per heavy atom. The zero-order chi connectivity index (χ0) is 9.35. The average molecular weight is 217 g/mol. The molecule has 3 nitrogen and oxygen atoms in total. The lowest BCUT2D eigenvalue weighted by Gasteiger charge is -1.87. The van der Waals surface area contributed by atoms with Gasteiger partial charge in [-0.15, -0.1) is 0 Å². The Labute approximate surface area is 71.4 Å². The van der Waals surface area contributed by atoms with E-state index < -0.39 is 26.1 Å². The van der Waals surface area contributed by atoms with Gasteiger partial charge in [-0.05, 0) is 0 Å². The van der Waals surface area contributed by atoms with Gasteiger partial charge in [-0.1, -0.05) is 0 Å². The fraction of sp³-hybridized carbons (Fsp3) is 0.200. The lowest BCUT2D eigenvalue weighted by Crippen LogP contribution is -1.86. The molecule has 68 valence electrons. The van der Waals surface area contributed by atoms with E-state index in [0.29, 0.717) is 12.3 Å². The van der Waals surface area contributed by atoms with E-state index in [-0.39, 0.29) is 0 Å². The molecule has 0 aliphatic heterocycles. The highest BCUT2D eigenvalue weighted by Gasteiger charge is 2.18. The summed E-state index contributed by atoms with van der Waals surface area (Å²) in [4.78, 5) is 0. The SMILES string of the molecule is O=S(=O)(Cl)c1cc(C(F)F)co1. The van der Waals surface area contributed by atoms with E-state index in [2.05, 4.69) is 4.42 Å². The molecule has 0 amide bonds. The summed E-state index contributed by atoms with van der Waals surface area (Å²) < 4.78 is 49.0. The Morgan fingerprint density at radius 3 is 2.33 bits per heavy atom. The van der Waals surface area contributed by atoms with Crippen LogP contribution < -0.4 is 0 Å². The van der Waals surface area contributed by atoms with Crippen molar-refractivity contribution in [1.82, 2.24) is 0 Å². The first-order chi connectivity index (χ1) is 5.41. The molecule has 1 aromatic heterocycles. The minimum absolute atomic E-state index is 0.505. The first-order valence-corrected chi connectivity index (χ1v) is 5.03. The van der Waals surface area contributed by atoms with Crippen LogP contribution >= 0.6 is 10.7 Å². The van der Waals surface area contributed by atoms with Crippen LogP contribution in [-0.2, 0) is 9.05 Å². The number of furan rings is 1. The monoisotopic (exact) mass is 216 g/mol. The van der Waals surface area contributed by atoms with Crippen molar-refractivity contribution in [2.24, 2.45) is 0 Å². The van der Waals surface area contributed by atoms with Crippen molar-refractivity contribution >= 4 is 19.7 Å². The molecule has 0 unspecified atom stereocenters. The van der Waals surface area contributed by atoms with E-state index in [0.717, 1.165) is 0 Å². The van der Waals surface area contributed by atoms with Gasteiger partial charge >= 0.3 is 0 Å². The maximum absolute atomic E-state index is 11.9. The second kappa shape index (κ2) is 3.02. The van der Waals surface area contributed by atoms with Crippen LogP contribution in [0.5, 0.6) is 0 Å². The molecule has 0 fully saturated rings. The van der Waals surface area contributed by atoms with Gasteiger partial charge in [0, 0.05) is 16.7 Å². The van der Waals surface area contributed by atoms with E-state index in [1.54, 1.807) is 0 Å². The van der Waals surface area contributed by atoms with Gasteiger partial charge in [0.1, 0.15) is 6.26 Å². The highest BCUT2D eigenvalue weighted by Crippen LogP contribution is 2.25. The van der Waals surface area contributed by atoms with Crippen LogP contribution in [0.15, 0.2) is 21.8 Å². The van der Waals surface area contributed by atoms with Crippen molar-refractivity contribution < 1.29 is 21.6 Å². The summed E-state index contributed by atoms with van der Waals surface area (Å²) in [5.41, 5.74) is -0.505. The molecular weight excluding hydrogens is 214 g/mol. The molecule has 1 rings (SSSR count). The van der Waals surface area contributed by atoms with E-state index in [4.69, 9.17) is 10.7 Å². The molecule has 0 bridgehead atoms. The lowest BCUT2D eigenvalue weighted by atomic mass is 10.4. The Morgan fingerprint density at radius 1 is 1.50 bits per heavy atom. The van der Waals surface area contributed by atoms with E-state index in [1.165, 1.54) is 0 Å². The van der Waals surface area contributed by atoms with Crippen molar-refractivity contribution in [2.45, 2.75) is 11.5 Å². The topological polar surface area (TPSA) is 47.3 Å². The fourth-order valence-electron chi connectivity index (χ4n) is 0.573. The fourth-order valence-corrected chi connectivity index (χ4v) is 1.26. The summed E-state index contributed by atoms with van der Waals surface area (Å²) in [6.45, 7) is 0. The Balaban J connectivity index is 3.09. The molecule has 0 aromatic carbocycles. The van der Waals surface area contributed by atoms with Gasteiger partial charge in [-0.2, -0.15) is 0 Å². The third-order valence-corrected chi connectivity index (χ3v) is 2.24.